The lowest BCUT2D eigenvalue weighted by Gasteiger charge is -2.26. The van der Waals surface area contributed by atoms with Gasteiger partial charge in [0.25, 0.3) is 0 Å². The molecule has 3 rings (SSSR count). The highest BCUT2D eigenvalue weighted by molar-refractivity contribution is 8.00. The van der Waals surface area contributed by atoms with Crippen LogP contribution in [0.2, 0.25) is 0 Å². The van der Waals surface area contributed by atoms with E-state index in [2.05, 4.69) is 29.6 Å². The van der Waals surface area contributed by atoms with E-state index in [0.717, 1.165) is 22.6 Å². The third-order valence-electron chi connectivity index (χ3n) is 4.88. The molecule has 0 saturated heterocycles. The van der Waals surface area contributed by atoms with Gasteiger partial charge in [0.05, 0.1) is 5.25 Å². The highest BCUT2D eigenvalue weighted by Gasteiger charge is 2.22. The molecule has 0 aliphatic rings. The summed E-state index contributed by atoms with van der Waals surface area (Å²) < 4.78 is 0. The molecule has 0 bridgehead atoms. The van der Waals surface area contributed by atoms with Gasteiger partial charge < -0.3 is 10.2 Å². The van der Waals surface area contributed by atoms with Gasteiger partial charge in [-0.25, -0.2) is 0 Å². The van der Waals surface area contributed by atoms with Crippen molar-refractivity contribution in [3.05, 3.63) is 96.1 Å². The van der Waals surface area contributed by atoms with E-state index in [1.807, 2.05) is 72.5 Å². The molecular formula is C26H28N2O2S. The average molecular weight is 433 g/mol. The summed E-state index contributed by atoms with van der Waals surface area (Å²) in [4.78, 5) is 27.5. The number of benzene rings is 3. The monoisotopic (exact) mass is 432 g/mol. The van der Waals surface area contributed by atoms with E-state index in [-0.39, 0.29) is 17.1 Å². The summed E-state index contributed by atoms with van der Waals surface area (Å²) >= 11 is 1.54. The Morgan fingerprint density at radius 1 is 0.871 bits per heavy atom. The molecule has 0 radical (unpaired) electrons. The fourth-order valence-corrected chi connectivity index (χ4v) is 4.26. The zero-order chi connectivity index (χ0) is 22.1. The Morgan fingerprint density at radius 3 is 2.03 bits per heavy atom. The molecule has 2 amide bonds. The first-order valence-corrected chi connectivity index (χ1v) is 11.3. The van der Waals surface area contributed by atoms with Crippen molar-refractivity contribution in [2.45, 2.75) is 37.0 Å². The Kier molecular flexibility index (Phi) is 8.30. The van der Waals surface area contributed by atoms with Gasteiger partial charge in [0.2, 0.25) is 11.8 Å². The Labute approximate surface area is 188 Å². The van der Waals surface area contributed by atoms with Gasteiger partial charge in [-0.15, -0.1) is 11.8 Å². The van der Waals surface area contributed by atoms with Crippen molar-refractivity contribution < 1.29 is 9.59 Å². The van der Waals surface area contributed by atoms with Gasteiger partial charge in [-0.2, -0.15) is 0 Å². The van der Waals surface area contributed by atoms with E-state index >= 15 is 0 Å². The highest BCUT2D eigenvalue weighted by atomic mass is 32.2. The molecule has 0 aliphatic heterocycles. The van der Waals surface area contributed by atoms with Crippen LogP contribution in [0, 0.1) is 0 Å². The van der Waals surface area contributed by atoms with E-state index in [0.29, 0.717) is 13.1 Å². The second-order valence-electron chi connectivity index (χ2n) is 7.45. The van der Waals surface area contributed by atoms with Crippen LogP contribution in [0.1, 0.15) is 25.0 Å². The lowest BCUT2D eigenvalue weighted by atomic mass is 10.1. The summed E-state index contributed by atoms with van der Waals surface area (Å²) in [7, 11) is 0. The Hall–Kier alpha value is -3.05. The van der Waals surface area contributed by atoms with Crippen molar-refractivity contribution in [2.24, 2.45) is 0 Å². The predicted molar refractivity (Wildman–Crippen MR) is 128 cm³/mol. The molecule has 0 aromatic heterocycles. The maximum absolute atomic E-state index is 13.3. The van der Waals surface area contributed by atoms with Gasteiger partial charge >= 0.3 is 0 Å². The zero-order valence-corrected chi connectivity index (χ0v) is 18.8. The molecule has 0 heterocycles. The lowest BCUT2D eigenvalue weighted by Crippen LogP contribution is -2.37. The largest absolute Gasteiger partial charge is 0.337 e. The summed E-state index contributed by atoms with van der Waals surface area (Å²) in [5, 5.41) is 2.55. The summed E-state index contributed by atoms with van der Waals surface area (Å²) in [5.41, 5.74) is 3.10. The summed E-state index contributed by atoms with van der Waals surface area (Å²) in [6, 6.07) is 28.0. The van der Waals surface area contributed by atoms with Crippen LogP contribution in [-0.2, 0) is 22.6 Å². The molecule has 4 nitrogen and oxygen atoms in total. The highest BCUT2D eigenvalue weighted by Crippen LogP contribution is 2.26. The van der Waals surface area contributed by atoms with Crippen LogP contribution in [0.3, 0.4) is 0 Å². The van der Waals surface area contributed by atoms with Gasteiger partial charge in [0.15, 0.2) is 0 Å². The number of hydrogen-bond donors (Lipinski definition) is 1. The number of thioether (sulfide) groups is 1. The van der Waals surface area contributed by atoms with E-state index in [1.165, 1.54) is 24.2 Å². The predicted octanol–water partition coefficient (Wildman–Crippen LogP) is 5.40. The molecule has 1 atom stereocenters. The number of anilines is 1. The number of nitrogens with zero attached hydrogens (tertiary/aromatic N) is 1. The quantitative estimate of drug-likeness (QED) is 0.461. The standard InChI is InChI=1S/C26H28N2O2S/c1-20(31-25-15-13-24(14-16-25)27-21(2)29)26(30)28(19-23-11-7-4-8-12-23)18-17-22-9-5-3-6-10-22/h3-16,20H,17-19H2,1-2H3,(H,27,29). The fourth-order valence-electron chi connectivity index (χ4n) is 3.31. The van der Waals surface area contributed by atoms with Crippen molar-refractivity contribution in [3.63, 3.8) is 0 Å². The molecule has 3 aromatic rings. The summed E-state index contributed by atoms with van der Waals surface area (Å²) in [6.07, 6.45) is 0.822. The molecule has 31 heavy (non-hydrogen) atoms. The molecule has 1 N–H and O–H groups in total. The van der Waals surface area contributed by atoms with Crippen molar-refractivity contribution in [3.8, 4) is 0 Å². The molecule has 1 unspecified atom stereocenters. The maximum Gasteiger partial charge on any atom is 0.236 e. The molecule has 5 heteroatoms. The fraction of sp³-hybridized carbons (Fsp3) is 0.231. The van der Waals surface area contributed by atoms with Gasteiger partial charge in [-0.3, -0.25) is 9.59 Å². The van der Waals surface area contributed by atoms with Crippen molar-refractivity contribution >= 4 is 29.3 Å². The normalized spacial score (nSPS) is 11.5. The summed E-state index contributed by atoms with van der Waals surface area (Å²) in [6.45, 7) is 4.71. The Bertz CT molecular complexity index is 975. The van der Waals surface area contributed by atoms with E-state index in [9.17, 15) is 9.59 Å². The minimum atomic E-state index is -0.217. The second kappa shape index (κ2) is 11.4. The number of carbonyl (C=O) groups is 2. The average Bonchev–Trinajstić information content (AvgIpc) is 2.78. The van der Waals surface area contributed by atoms with Crippen LogP contribution in [0.4, 0.5) is 5.69 Å². The van der Waals surface area contributed by atoms with E-state index < -0.39 is 0 Å². The summed E-state index contributed by atoms with van der Waals surface area (Å²) in [5.74, 6) is 0.0228. The first kappa shape index (κ1) is 22.6. The maximum atomic E-state index is 13.3. The molecule has 0 fully saturated rings. The van der Waals surface area contributed by atoms with Gasteiger partial charge in [0, 0.05) is 30.6 Å². The van der Waals surface area contributed by atoms with Crippen molar-refractivity contribution in [1.29, 1.82) is 0 Å². The first-order chi connectivity index (χ1) is 15.0. The Morgan fingerprint density at radius 2 is 1.45 bits per heavy atom. The van der Waals surface area contributed by atoms with Crippen LogP contribution in [0.25, 0.3) is 0 Å². The minimum Gasteiger partial charge on any atom is -0.337 e. The topological polar surface area (TPSA) is 49.4 Å². The van der Waals surface area contributed by atoms with Gasteiger partial charge in [-0.1, -0.05) is 60.7 Å². The van der Waals surface area contributed by atoms with E-state index in [4.69, 9.17) is 0 Å². The SMILES string of the molecule is CC(=O)Nc1ccc(SC(C)C(=O)N(CCc2ccccc2)Cc2ccccc2)cc1. The third kappa shape index (κ3) is 7.30. The van der Waals surface area contributed by atoms with Crippen LogP contribution in [0.15, 0.2) is 89.8 Å². The second-order valence-corrected chi connectivity index (χ2v) is 8.86. The number of amides is 2. The molecule has 0 aliphatic carbocycles. The lowest BCUT2D eigenvalue weighted by molar-refractivity contribution is -0.130. The minimum absolute atomic E-state index is 0.0982. The number of hydrogen-bond acceptors (Lipinski definition) is 3. The first-order valence-electron chi connectivity index (χ1n) is 10.4. The van der Waals surface area contributed by atoms with Crippen molar-refractivity contribution in [2.75, 3.05) is 11.9 Å². The van der Waals surface area contributed by atoms with Crippen LogP contribution < -0.4 is 5.32 Å². The Balaban J connectivity index is 1.67. The molecule has 3 aromatic carbocycles. The van der Waals surface area contributed by atoms with Crippen LogP contribution in [0.5, 0.6) is 0 Å². The van der Waals surface area contributed by atoms with Crippen LogP contribution >= 0.6 is 11.8 Å². The molecule has 160 valence electrons. The van der Waals surface area contributed by atoms with Crippen LogP contribution in [-0.4, -0.2) is 28.5 Å². The van der Waals surface area contributed by atoms with Gasteiger partial charge in [0.1, 0.15) is 0 Å². The molecule has 0 saturated carbocycles. The number of carbonyl (C=O) groups excluding carboxylic acids is 2. The number of nitrogens with one attached hydrogen (secondary N) is 1. The van der Waals surface area contributed by atoms with Gasteiger partial charge in [-0.05, 0) is 48.7 Å². The van der Waals surface area contributed by atoms with Crippen molar-refractivity contribution in [1.82, 2.24) is 4.90 Å². The number of rotatable bonds is 9. The molecule has 0 spiro atoms. The smallest absolute Gasteiger partial charge is 0.236 e. The van der Waals surface area contributed by atoms with E-state index in [1.54, 1.807) is 0 Å². The zero-order valence-electron chi connectivity index (χ0n) is 18.0. The molecular weight excluding hydrogens is 404 g/mol. The third-order valence-corrected chi connectivity index (χ3v) is 5.98.